The van der Waals surface area contributed by atoms with Crippen molar-refractivity contribution in [3.05, 3.63) is 59.9 Å². The van der Waals surface area contributed by atoms with Crippen molar-refractivity contribution in [1.29, 1.82) is 0 Å². The van der Waals surface area contributed by atoms with Gasteiger partial charge < -0.3 is 4.42 Å². The number of hydrogen-bond donors (Lipinski definition) is 0. The van der Waals surface area contributed by atoms with Gasteiger partial charge in [-0.2, -0.15) is 0 Å². The van der Waals surface area contributed by atoms with Crippen LogP contribution in [-0.2, 0) is 0 Å². The first-order chi connectivity index (χ1) is 9.13. The molecule has 0 saturated carbocycles. The lowest BCUT2D eigenvalue weighted by atomic mass is 10.0. The molecular formula is C17H15FO. The molecular weight excluding hydrogens is 239 g/mol. The zero-order chi connectivity index (χ0) is 13.4. The van der Waals surface area contributed by atoms with E-state index in [9.17, 15) is 4.39 Å². The molecule has 0 fully saturated rings. The van der Waals surface area contributed by atoms with Gasteiger partial charge in [0, 0.05) is 10.9 Å². The van der Waals surface area contributed by atoms with Gasteiger partial charge in [0.15, 0.2) is 0 Å². The number of rotatable bonds is 2. The number of furan rings is 1. The van der Waals surface area contributed by atoms with Crippen LogP contribution >= 0.6 is 0 Å². The lowest BCUT2D eigenvalue weighted by Crippen LogP contribution is -1.84. The van der Waals surface area contributed by atoms with Crippen LogP contribution in [0.2, 0.25) is 0 Å². The molecule has 0 aliphatic rings. The molecule has 0 aliphatic carbocycles. The molecule has 0 bridgehead atoms. The molecule has 0 N–H and O–H groups in total. The van der Waals surface area contributed by atoms with E-state index in [0.717, 1.165) is 16.5 Å². The minimum atomic E-state index is -0.249. The summed E-state index contributed by atoms with van der Waals surface area (Å²) in [4.78, 5) is 0. The Kier molecular flexibility index (Phi) is 2.86. The Bertz CT molecular complexity index is 725. The number of fused-ring (bicyclic) bond motifs is 1. The Morgan fingerprint density at radius 2 is 1.84 bits per heavy atom. The average molecular weight is 254 g/mol. The summed E-state index contributed by atoms with van der Waals surface area (Å²) in [5.74, 6) is 0.938. The van der Waals surface area contributed by atoms with Gasteiger partial charge in [-0.25, -0.2) is 4.39 Å². The maximum absolute atomic E-state index is 13.2. The van der Waals surface area contributed by atoms with Crippen molar-refractivity contribution in [3.8, 4) is 11.3 Å². The van der Waals surface area contributed by atoms with Crippen molar-refractivity contribution in [2.45, 2.75) is 19.8 Å². The van der Waals surface area contributed by atoms with Crippen molar-refractivity contribution in [2.24, 2.45) is 0 Å². The minimum Gasteiger partial charge on any atom is -0.456 e. The standard InChI is InChI=1S/C17H15FO/c1-11(2)12-6-7-16-14(8-12)10-17(19-16)13-4-3-5-15(18)9-13/h3-11H,1-2H3. The van der Waals surface area contributed by atoms with Gasteiger partial charge in [-0.1, -0.05) is 32.0 Å². The summed E-state index contributed by atoms with van der Waals surface area (Å²) in [7, 11) is 0. The molecule has 1 aromatic heterocycles. The van der Waals surface area contributed by atoms with Gasteiger partial charge in [0.2, 0.25) is 0 Å². The van der Waals surface area contributed by atoms with Crippen molar-refractivity contribution in [1.82, 2.24) is 0 Å². The number of hydrogen-bond acceptors (Lipinski definition) is 1. The Hall–Kier alpha value is -2.09. The monoisotopic (exact) mass is 254 g/mol. The topological polar surface area (TPSA) is 13.1 Å². The second kappa shape index (κ2) is 4.54. The van der Waals surface area contributed by atoms with Crippen LogP contribution in [0.5, 0.6) is 0 Å². The van der Waals surface area contributed by atoms with Gasteiger partial charge in [0.05, 0.1) is 0 Å². The van der Waals surface area contributed by atoms with Crippen molar-refractivity contribution in [2.75, 3.05) is 0 Å². The highest BCUT2D eigenvalue weighted by molar-refractivity contribution is 5.83. The van der Waals surface area contributed by atoms with E-state index in [1.54, 1.807) is 6.07 Å². The van der Waals surface area contributed by atoms with Gasteiger partial charge in [-0.3, -0.25) is 0 Å². The third-order valence-electron chi connectivity index (χ3n) is 3.32. The highest BCUT2D eigenvalue weighted by Crippen LogP contribution is 2.30. The molecule has 0 spiro atoms. The van der Waals surface area contributed by atoms with Crippen LogP contribution in [0.25, 0.3) is 22.3 Å². The Morgan fingerprint density at radius 3 is 2.58 bits per heavy atom. The van der Waals surface area contributed by atoms with Crippen molar-refractivity contribution >= 4 is 11.0 Å². The van der Waals surface area contributed by atoms with Crippen molar-refractivity contribution < 1.29 is 8.81 Å². The first kappa shape index (κ1) is 12.0. The van der Waals surface area contributed by atoms with Crippen LogP contribution in [0, 0.1) is 5.82 Å². The third kappa shape index (κ3) is 2.26. The van der Waals surface area contributed by atoms with E-state index in [1.807, 2.05) is 18.2 Å². The van der Waals surface area contributed by atoms with Crippen LogP contribution in [-0.4, -0.2) is 0 Å². The van der Waals surface area contributed by atoms with E-state index in [2.05, 4.69) is 26.0 Å². The van der Waals surface area contributed by atoms with Gasteiger partial charge >= 0.3 is 0 Å². The maximum atomic E-state index is 13.2. The molecule has 3 rings (SSSR count). The smallest absolute Gasteiger partial charge is 0.135 e. The molecule has 2 aromatic carbocycles. The summed E-state index contributed by atoms with van der Waals surface area (Å²) in [5.41, 5.74) is 2.88. The molecule has 96 valence electrons. The van der Waals surface area contributed by atoms with Crippen molar-refractivity contribution in [3.63, 3.8) is 0 Å². The molecule has 0 unspecified atom stereocenters. The highest BCUT2D eigenvalue weighted by atomic mass is 19.1. The molecule has 0 amide bonds. The minimum absolute atomic E-state index is 0.249. The number of benzene rings is 2. The zero-order valence-electron chi connectivity index (χ0n) is 11.0. The molecule has 2 heteroatoms. The normalized spacial score (nSPS) is 11.4. The summed E-state index contributed by atoms with van der Waals surface area (Å²) in [6, 6.07) is 14.6. The summed E-state index contributed by atoms with van der Waals surface area (Å²) in [5, 5.41) is 1.06. The molecule has 0 saturated heterocycles. The Balaban J connectivity index is 2.11. The summed E-state index contributed by atoms with van der Waals surface area (Å²) < 4.78 is 19.0. The van der Waals surface area contributed by atoms with Gasteiger partial charge in [-0.15, -0.1) is 0 Å². The Morgan fingerprint density at radius 1 is 1.00 bits per heavy atom. The second-order valence-corrected chi connectivity index (χ2v) is 5.07. The van der Waals surface area contributed by atoms with E-state index < -0.39 is 0 Å². The fourth-order valence-corrected chi connectivity index (χ4v) is 2.20. The molecule has 0 aliphatic heterocycles. The van der Waals surface area contributed by atoms with E-state index in [0.29, 0.717) is 11.7 Å². The zero-order valence-corrected chi connectivity index (χ0v) is 11.0. The summed E-state index contributed by atoms with van der Waals surface area (Å²) in [6.07, 6.45) is 0. The number of halogens is 1. The van der Waals surface area contributed by atoms with Crippen LogP contribution in [0.3, 0.4) is 0 Å². The third-order valence-corrected chi connectivity index (χ3v) is 3.32. The van der Waals surface area contributed by atoms with E-state index in [4.69, 9.17) is 4.42 Å². The second-order valence-electron chi connectivity index (χ2n) is 5.07. The van der Waals surface area contributed by atoms with Crippen LogP contribution < -0.4 is 0 Å². The largest absolute Gasteiger partial charge is 0.456 e. The predicted molar refractivity (Wildman–Crippen MR) is 75.7 cm³/mol. The molecule has 1 heterocycles. The molecule has 0 radical (unpaired) electrons. The fourth-order valence-electron chi connectivity index (χ4n) is 2.20. The fraction of sp³-hybridized carbons (Fsp3) is 0.176. The summed E-state index contributed by atoms with van der Waals surface area (Å²) >= 11 is 0. The lowest BCUT2D eigenvalue weighted by molar-refractivity contribution is 0.618. The van der Waals surface area contributed by atoms with Crippen LogP contribution in [0.1, 0.15) is 25.3 Å². The molecule has 1 nitrogen and oxygen atoms in total. The van der Waals surface area contributed by atoms with Gasteiger partial charge in [0.25, 0.3) is 0 Å². The first-order valence-electron chi connectivity index (χ1n) is 6.43. The SMILES string of the molecule is CC(C)c1ccc2oc(-c3cccc(F)c3)cc2c1. The quantitative estimate of drug-likeness (QED) is 0.599. The van der Waals surface area contributed by atoms with E-state index in [-0.39, 0.29) is 5.82 Å². The average Bonchev–Trinajstić information content (AvgIpc) is 2.81. The highest BCUT2D eigenvalue weighted by Gasteiger charge is 2.08. The molecule has 3 aromatic rings. The van der Waals surface area contributed by atoms with Gasteiger partial charge in [0.1, 0.15) is 17.2 Å². The molecule has 19 heavy (non-hydrogen) atoms. The first-order valence-corrected chi connectivity index (χ1v) is 6.43. The lowest BCUT2D eigenvalue weighted by Gasteiger charge is -2.03. The van der Waals surface area contributed by atoms with Gasteiger partial charge in [-0.05, 0) is 41.8 Å². The van der Waals surface area contributed by atoms with E-state index >= 15 is 0 Å². The maximum Gasteiger partial charge on any atom is 0.135 e. The molecule has 0 atom stereocenters. The summed E-state index contributed by atoms with van der Waals surface area (Å²) in [6.45, 7) is 4.32. The van der Waals surface area contributed by atoms with Crippen LogP contribution in [0.4, 0.5) is 4.39 Å². The van der Waals surface area contributed by atoms with E-state index in [1.165, 1.54) is 17.7 Å². The van der Waals surface area contributed by atoms with Crippen LogP contribution in [0.15, 0.2) is 52.9 Å². The predicted octanol–water partition coefficient (Wildman–Crippen LogP) is 5.36. The Labute approximate surface area is 111 Å².